The molecule has 0 saturated heterocycles. The second-order valence-corrected chi connectivity index (χ2v) is 9.53. The number of aryl methyl sites for hydroxylation is 1. The zero-order valence-corrected chi connectivity index (χ0v) is 20.4. The summed E-state index contributed by atoms with van der Waals surface area (Å²) in [5.74, 6) is 0. The molecule has 0 amide bonds. The highest BCUT2D eigenvalue weighted by atomic mass is 32.1. The van der Waals surface area contributed by atoms with Crippen LogP contribution < -0.4 is 9.33 Å². The highest BCUT2D eigenvalue weighted by molar-refractivity contribution is 7.11. The standard InChI is InChI=1S/C26H11F3N6S2/c1-14-2-4-15(5-3-14)20-22(36-24(34-20)17(10-30)11-31)23-21(35-25(37-23)18(12-32)13-33)16-6-8-19(9-7-16)26(27,28)29/h2-9H,1H3/b23-22+. The number of benzene rings is 2. The van der Waals surface area contributed by atoms with Gasteiger partial charge in [-0.3, -0.25) is 0 Å². The number of rotatable bonds is 2. The molecule has 11 heteroatoms. The van der Waals surface area contributed by atoms with Gasteiger partial charge in [0, 0.05) is 11.1 Å². The maximum absolute atomic E-state index is 13.1. The van der Waals surface area contributed by atoms with E-state index in [0.29, 0.717) is 25.9 Å². The molecule has 37 heavy (non-hydrogen) atoms. The lowest BCUT2D eigenvalue weighted by Gasteiger charge is -2.06. The molecule has 4 rings (SSSR count). The molecule has 0 bridgehead atoms. The van der Waals surface area contributed by atoms with Crippen molar-refractivity contribution in [2.24, 2.45) is 0 Å². The molecule has 0 aliphatic rings. The van der Waals surface area contributed by atoms with Crippen molar-refractivity contribution in [1.29, 1.82) is 21.0 Å². The van der Waals surface area contributed by atoms with Crippen molar-refractivity contribution < 1.29 is 13.2 Å². The van der Waals surface area contributed by atoms with Crippen molar-refractivity contribution in [3.63, 3.8) is 0 Å². The Morgan fingerprint density at radius 3 is 1.41 bits per heavy atom. The minimum atomic E-state index is -4.52. The van der Waals surface area contributed by atoms with E-state index in [0.717, 1.165) is 40.4 Å². The lowest BCUT2D eigenvalue weighted by molar-refractivity contribution is -0.137. The number of alkyl halides is 3. The van der Waals surface area contributed by atoms with Crippen molar-refractivity contribution in [2.75, 3.05) is 0 Å². The molecular weight excluding hydrogens is 517 g/mol. The number of halogens is 3. The summed E-state index contributed by atoms with van der Waals surface area (Å²) in [7, 11) is 0. The SMILES string of the molecule is Cc1ccc(-c2nc(=C(C#N)C#N)s/c2=c2/sc(=C(C#N)C#N)nc2-c2ccc(C(F)(F)F)cc2)cc1. The quantitative estimate of drug-likeness (QED) is 0.363. The monoisotopic (exact) mass is 528 g/mol. The van der Waals surface area contributed by atoms with Gasteiger partial charge in [0.25, 0.3) is 0 Å². The number of thiazole rings is 2. The van der Waals surface area contributed by atoms with Crippen molar-refractivity contribution in [3.05, 3.63) is 78.0 Å². The molecule has 0 aliphatic heterocycles. The first-order chi connectivity index (χ1) is 17.7. The summed E-state index contributed by atoms with van der Waals surface area (Å²) in [5.41, 5.74) is 1.38. The Kier molecular flexibility index (Phi) is 6.87. The van der Waals surface area contributed by atoms with Crippen LogP contribution in [0.15, 0.2) is 48.5 Å². The average Bonchev–Trinajstić information content (AvgIpc) is 3.51. The van der Waals surface area contributed by atoms with Crippen LogP contribution in [0.3, 0.4) is 0 Å². The molecule has 6 nitrogen and oxygen atoms in total. The third kappa shape index (κ3) is 4.96. The van der Waals surface area contributed by atoms with Gasteiger partial charge in [-0.2, -0.15) is 34.2 Å². The molecule has 2 aromatic heterocycles. The Morgan fingerprint density at radius 2 is 1.05 bits per heavy atom. The van der Waals surface area contributed by atoms with Gasteiger partial charge in [0.15, 0.2) is 11.1 Å². The third-order valence-corrected chi connectivity index (χ3v) is 7.46. The summed E-state index contributed by atoms with van der Waals surface area (Å²) in [5, 5.41) is 37.6. The first kappa shape index (κ1) is 25.3. The maximum Gasteiger partial charge on any atom is 0.416 e. The summed E-state index contributed by atoms with van der Waals surface area (Å²) in [4.78, 5) is 8.97. The van der Waals surface area contributed by atoms with E-state index in [-0.39, 0.29) is 26.2 Å². The minimum absolute atomic E-state index is 0.0875. The smallest absolute Gasteiger partial charge is 0.234 e. The van der Waals surface area contributed by atoms with E-state index >= 15 is 0 Å². The molecule has 0 saturated carbocycles. The number of hydrogen-bond acceptors (Lipinski definition) is 8. The van der Waals surface area contributed by atoms with Gasteiger partial charge in [-0.15, -0.1) is 22.7 Å². The fourth-order valence-electron chi connectivity index (χ4n) is 3.32. The fraction of sp³-hybridized carbons (Fsp3) is 0.0769. The Labute approximate surface area is 215 Å². The van der Waals surface area contributed by atoms with Crippen molar-refractivity contribution in [1.82, 2.24) is 9.97 Å². The van der Waals surface area contributed by atoms with Crippen LogP contribution in [0.2, 0.25) is 0 Å². The zero-order valence-electron chi connectivity index (χ0n) is 18.8. The van der Waals surface area contributed by atoms with E-state index in [4.69, 9.17) is 0 Å². The fourth-order valence-corrected chi connectivity index (χ4v) is 5.52. The van der Waals surface area contributed by atoms with E-state index < -0.39 is 11.7 Å². The molecule has 178 valence electrons. The van der Waals surface area contributed by atoms with Crippen LogP contribution in [0.25, 0.3) is 33.7 Å². The van der Waals surface area contributed by atoms with Gasteiger partial charge < -0.3 is 0 Å². The summed E-state index contributed by atoms with van der Waals surface area (Å²) in [6, 6.07) is 19.0. The highest BCUT2D eigenvalue weighted by Crippen LogP contribution is 2.32. The van der Waals surface area contributed by atoms with Crippen molar-refractivity contribution in [3.8, 4) is 46.8 Å². The maximum atomic E-state index is 13.1. The molecule has 4 aromatic rings. The Bertz CT molecular complexity index is 1870. The van der Waals surface area contributed by atoms with Crippen LogP contribution >= 0.6 is 22.7 Å². The van der Waals surface area contributed by atoms with Gasteiger partial charge in [0.1, 0.15) is 33.6 Å². The van der Waals surface area contributed by atoms with Gasteiger partial charge in [-0.1, -0.05) is 42.0 Å². The van der Waals surface area contributed by atoms with E-state index in [2.05, 4.69) is 9.97 Å². The zero-order chi connectivity index (χ0) is 26.7. The van der Waals surface area contributed by atoms with E-state index in [9.17, 15) is 34.2 Å². The van der Waals surface area contributed by atoms with Crippen LogP contribution in [-0.2, 0) is 6.18 Å². The van der Waals surface area contributed by atoms with Gasteiger partial charge in [0.05, 0.1) is 26.0 Å². The van der Waals surface area contributed by atoms with Crippen LogP contribution in [0.4, 0.5) is 13.2 Å². The molecule has 0 N–H and O–H groups in total. The number of nitrogens with zero attached hydrogens (tertiary/aromatic N) is 6. The Hall–Kier alpha value is -4.81. The van der Waals surface area contributed by atoms with E-state index in [1.165, 1.54) is 12.1 Å². The topological polar surface area (TPSA) is 121 Å². The third-order valence-electron chi connectivity index (χ3n) is 5.15. The number of aromatic nitrogens is 2. The van der Waals surface area contributed by atoms with Gasteiger partial charge in [-0.05, 0) is 19.1 Å². The van der Waals surface area contributed by atoms with E-state index in [1.54, 1.807) is 12.1 Å². The van der Waals surface area contributed by atoms with Gasteiger partial charge in [-0.25, -0.2) is 9.97 Å². The summed E-state index contributed by atoms with van der Waals surface area (Å²) in [6.07, 6.45) is -4.52. The van der Waals surface area contributed by atoms with E-state index in [1.807, 2.05) is 43.3 Å². The first-order valence-corrected chi connectivity index (χ1v) is 11.9. The second-order valence-electron chi connectivity index (χ2n) is 7.53. The minimum Gasteiger partial charge on any atom is -0.234 e. The van der Waals surface area contributed by atoms with Crippen molar-refractivity contribution >= 4 is 33.8 Å². The van der Waals surface area contributed by atoms with Crippen LogP contribution in [0, 0.1) is 61.3 Å². The number of hydrogen-bond donors (Lipinski definition) is 0. The molecule has 2 heterocycles. The lowest BCUT2D eigenvalue weighted by atomic mass is 10.1. The molecule has 0 atom stereocenters. The highest BCUT2D eigenvalue weighted by Gasteiger charge is 2.30. The molecule has 2 aromatic carbocycles. The molecule has 0 fully saturated rings. The molecular formula is C26H11F3N6S2. The summed E-state index contributed by atoms with van der Waals surface area (Å²) < 4.78 is 40.6. The summed E-state index contributed by atoms with van der Waals surface area (Å²) in [6.45, 7) is 1.91. The average molecular weight is 529 g/mol. The predicted molar refractivity (Wildman–Crippen MR) is 131 cm³/mol. The summed E-state index contributed by atoms with van der Waals surface area (Å²) >= 11 is 2.05. The second kappa shape index (κ2) is 10.0. The van der Waals surface area contributed by atoms with Crippen LogP contribution in [0.1, 0.15) is 11.1 Å². The van der Waals surface area contributed by atoms with Gasteiger partial charge >= 0.3 is 6.18 Å². The number of nitriles is 4. The first-order valence-electron chi connectivity index (χ1n) is 10.3. The molecule has 0 aliphatic carbocycles. The molecule has 0 unspecified atom stereocenters. The Morgan fingerprint density at radius 1 is 0.676 bits per heavy atom. The normalized spacial score (nSPS) is 11.6. The predicted octanol–water partition coefficient (Wildman–Crippen LogP) is 4.94. The van der Waals surface area contributed by atoms with Crippen molar-refractivity contribution in [2.45, 2.75) is 13.1 Å². The van der Waals surface area contributed by atoms with Crippen LogP contribution in [-0.4, -0.2) is 9.97 Å². The van der Waals surface area contributed by atoms with Crippen LogP contribution in [0.5, 0.6) is 0 Å². The molecule has 0 spiro atoms. The lowest BCUT2D eigenvalue weighted by Crippen LogP contribution is -2.04. The molecule has 0 radical (unpaired) electrons. The largest absolute Gasteiger partial charge is 0.416 e. The van der Waals surface area contributed by atoms with Gasteiger partial charge in [0.2, 0.25) is 0 Å². The Balaban J connectivity index is 2.22.